The summed E-state index contributed by atoms with van der Waals surface area (Å²) in [5, 5.41) is 10.7. The second-order valence-corrected chi connectivity index (χ2v) is 2.80. The maximum atomic E-state index is 10.7. The molecule has 1 aromatic rings. The molecule has 0 heterocycles. The van der Waals surface area contributed by atoms with E-state index >= 15 is 0 Å². The van der Waals surface area contributed by atoms with E-state index in [0.29, 0.717) is 11.3 Å². The number of rotatable bonds is 4. The maximum absolute atomic E-state index is 10.7. The van der Waals surface area contributed by atoms with Crippen molar-refractivity contribution in [1.29, 1.82) is 0 Å². The van der Waals surface area contributed by atoms with Gasteiger partial charge in [-0.05, 0) is 6.07 Å². The Kier molecular flexibility index (Phi) is 3.46. The molecular formula is C9H12N2O4. The van der Waals surface area contributed by atoms with Gasteiger partial charge in [-0.2, -0.15) is 0 Å². The molecule has 15 heavy (non-hydrogen) atoms. The molecule has 0 radical (unpaired) electrons. The number of hydrogen-bond acceptors (Lipinski definition) is 5. The smallest absolute Gasteiger partial charge is 0.314 e. The molecule has 0 spiro atoms. The quantitative estimate of drug-likeness (QED) is 0.595. The number of ether oxygens (including phenoxy) is 2. The lowest BCUT2D eigenvalue weighted by atomic mass is 10.1. The maximum Gasteiger partial charge on any atom is 0.314 e. The Hall–Kier alpha value is -1.82. The van der Waals surface area contributed by atoms with Crippen LogP contribution in [0.3, 0.4) is 0 Å². The highest BCUT2D eigenvalue weighted by atomic mass is 16.6. The lowest BCUT2D eigenvalue weighted by Crippen LogP contribution is -2.02. The largest absolute Gasteiger partial charge is 0.496 e. The fraction of sp³-hybridized carbons (Fsp3) is 0.333. The number of nitrogens with two attached hydrogens (primary N) is 1. The minimum atomic E-state index is -0.526. The minimum absolute atomic E-state index is 0.133. The van der Waals surface area contributed by atoms with Crippen molar-refractivity contribution in [2.75, 3.05) is 14.2 Å². The molecule has 0 atom stereocenters. The molecule has 0 fully saturated rings. The highest BCUT2D eigenvalue weighted by molar-refractivity contribution is 5.55. The molecule has 0 aromatic heterocycles. The van der Waals surface area contributed by atoms with Gasteiger partial charge in [0.25, 0.3) is 0 Å². The first-order chi connectivity index (χ1) is 7.13. The van der Waals surface area contributed by atoms with E-state index in [1.807, 2.05) is 0 Å². The minimum Gasteiger partial charge on any atom is -0.496 e. The van der Waals surface area contributed by atoms with Gasteiger partial charge in [-0.3, -0.25) is 10.1 Å². The van der Waals surface area contributed by atoms with Crippen LogP contribution in [-0.4, -0.2) is 19.1 Å². The fourth-order valence-electron chi connectivity index (χ4n) is 1.25. The number of methoxy groups -OCH3 is 2. The zero-order chi connectivity index (χ0) is 11.4. The standard InChI is InChI=1S/C9H12N2O4/c1-14-8-4-7(11(12)13)9(15-2)3-6(8)5-10/h3-4H,5,10H2,1-2H3. The molecule has 2 N–H and O–H groups in total. The first-order valence-corrected chi connectivity index (χ1v) is 4.23. The third kappa shape index (κ3) is 2.16. The van der Waals surface area contributed by atoms with Crippen LogP contribution in [0.15, 0.2) is 12.1 Å². The summed E-state index contributed by atoms with van der Waals surface area (Å²) in [7, 11) is 2.81. The summed E-state index contributed by atoms with van der Waals surface area (Å²) in [4.78, 5) is 10.2. The fourth-order valence-corrected chi connectivity index (χ4v) is 1.25. The summed E-state index contributed by atoms with van der Waals surface area (Å²) in [6.07, 6.45) is 0. The molecule has 0 bridgehead atoms. The second kappa shape index (κ2) is 4.61. The van der Waals surface area contributed by atoms with Crippen LogP contribution in [0, 0.1) is 10.1 Å². The van der Waals surface area contributed by atoms with Crippen molar-refractivity contribution in [2.45, 2.75) is 6.54 Å². The molecule has 0 unspecified atom stereocenters. The number of nitrogens with zero attached hydrogens (tertiary/aromatic N) is 1. The number of hydrogen-bond donors (Lipinski definition) is 1. The third-order valence-electron chi connectivity index (χ3n) is 2.00. The van der Waals surface area contributed by atoms with Gasteiger partial charge in [0.15, 0.2) is 5.75 Å². The van der Waals surface area contributed by atoms with E-state index in [1.54, 1.807) is 0 Å². The Balaban J connectivity index is 3.34. The van der Waals surface area contributed by atoms with Crippen molar-refractivity contribution in [3.05, 3.63) is 27.8 Å². The van der Waals surface area contributed by atoms with Gasteiger partial charge in [0, 0.05) is 12.1 Å². The molecule has 0 aliphatic carbocycles. The molecule has 0 saturated carbocycles. The van der Waals surface area contributed by atoms with Gasteiger partial charge in [0.1, 0.15) is 5.75 Å². The summed E-state index contributed by atoms with van der Waals surface area (Å²) in [6.45, 7) is 0.234. The van der Waals surface area contributed by atoms with E-state index in [9.17, 15) is 10.1 Å². The van der Waals surface area contributed by atoms with E-state index in [2.05, 4.69) is 0 Å². The lowest BCUT2D eigenvalue weighted by Gasteiger charge is -2.09. The molecule has 1 aromatic carbocycles. The van der Waals surface area contributed by atoms with Gasteiger partial charge < -0.3 is 15.2 Å². The van der Waals surface area contributed by atoms with Gasteiger partial charge >= 0.3 is 5.69 Å². The summed E-state index contributed by atoms with van der Waals surface area (Å²) in [5.74, 6) is 0.575. The van der Waals surface area contributed by atoms with E-state index < -0.39 is 4.92 Å². The topological polar surface area (TPSA) is 87.6 Å². The van der Waals surface area contributed by atoms with Crippen molar-refractivity contribution < 1.29 is 14.4 Å². The average Bonchev–Trinajstić information content (AvgIpc) is 2.26. The van der Waals surface area contributed by atoms with E-state index in [-0.39, 0.29) is 18.0 Å². The summed E-state index contributed by atoms with van der Waals surface area (Å²) in [5.41, 5.74) is 6.00. The van der Waals surface area contributed by atoms with Gasteiger partial charge in [0.2, 0.25) is 0 Å². The van der Waals surface area contributed by atoms with Crippen molar-refractivity contribution >= 4 is 5.69 Å². The number of nitro groups is 1. The summed E-state index contributed by atoms with van der Waals surface area (Å²) in [6, 6.07) is 2.82. The van der Waals surface area contributed by atoms with Gasteiger partial charge in [-0.1, -0.05) is 0 Å². The SMILES string of the molecule is COc1cc([N+](=O)[O-])c(OC)cc1CN. The molecule has 0 aliphatic heterocycles. The third-order valence-corrected chi connectivity index (χ3v) is 2.00. The van der Waals surface area contributed by atoms with Crippen LogP contribution >= 0.6 is 0 Å². The van der Waals surface area contributed by atoms with Crippen LogP contribution in [0.2, 0.25) is 0 Å². The van der Waals surface area contributed by atoms with Crippen molar-refractivity contribution in [2.24, 2.45) is 5.73 Å². The molecular weight excluding hydrogens is 200 g/mol. The molecule has 0 aliphatic rings. The Morgan fingerprint density at radius 1 is 1.33 bits per heavy atom. The first kappa shape index (κ1) is 11.3. The van der Waals surface area contributed by atoms with Crippen LogP contribution in [0.4, 0.5) is 5.69 Å². The van der Waals surface area contributed by atoms with Crippen LogP contribution < -0.4 is 15.2 Å². The lowest BCUT2D eigenvalue weighted by molar-refractivity contribution is -0.385. The van der Waals surface area contributed by atoms with Crippen molar-refractivity contribution in [3.8, 4) is 11.5 Å². The molecule has 6 heteroatoms. The van der Waals surface area contributed by atoms with Crippen LogP contribution in [0.1, 0.15) is 5.56 Å². The molecule has 1 rings (SSSR count). The van der Waals surface area contributed by atoms with E-state index in [0.717, 1.165) is 0 Å². The second-order valence-electron chi connectivity index (χ2n) is 2.80. The van der Waals surface area contributed by atoms with Crippen LogP contribution in [-0.2, 0) is 6.54 Å². The van der Waals surface area contributed by atoms with E-state index in [4.69, 9.17) is 15.2 Å². The number of nitro benzene ring substituents is 1. The highest BCUT2D eigenvalue weighted by Crippen LogP contribution is 2.33. The van der Waals surface area contributed by atoms with Crippen LogP contribution in [0.5, 0.6) is 11.5 Å². The summed E-state index contributed by atoms with van der Waals surface area (Å²) >= 11 is 0. The first-order valence-electron chi connectivity index (χ1n) is 4.23. The van der Waals surface area contributed by atoms with Crippen molar-refractivity contribution in [3.63, 3.8) is 0 Å². The normalized spacial score (nSPS) is 9.80. The van der Waals surface area contributed by atoms with E-state index in [1.165, 1.54) is 26.4 Å². The predicted octanol–water partition coefficient (Wildman–Crippen LogP) is 1.07. The Morgan fingerprint density at radius 3 is 2.33 bits per heavy atom. The average molecular weight is 212 g/mol. The zero-order valence-corrected chi connectivity index (χ0v) is 8.52. The monoisotopic (exact) mass is 212 g/mol. The molecule has 82 valence electrons. The molecule has 6 nitrogen and oxygen atoms in total. The van der Waals surface area contributed by atoms with Gasteiger partial charge in [-0.25, -0.2) is 0 Å². The predicted molar refractivity (Wildman–Crippen MR) is 54.1 cm³/mol. The van der Waals surface area contributed by atoms with Crippen molar-refractivity contribution in [1.82, 2.24) is 0 Å². The van der Waals surface area contributed by atoms with Gasteiger partial charge in [0.05, 0.1) is 25.2 Å². The Morgan fingerprint density at radius 2 is 1.93 bits per heavy atom. The Bertz CT molecular complexity index is 379. The summed E-state index contributed by atoms with van der Waals surface area (Å²) < 4.78 is 9.88. The highest BCUT2D eigenvalue weighted by Gasteiger charge is 2.18. The molecule has 0 saturated heterocycles. The molecule has 0 amide bonds. The van der Waals surface area contributed by atoms with Crippen LogP contribution in [0.25, 0.3) is 0 Å². The zero-order valence-electron chi connectivity index (χ0n) is 8.52. The number of benzene rings is 1. The van der Waals surface area contributed by atoms with Gasteiger partial charge in [-0.15, -0.1) is 0 Å². The Labute approximate surface area is 86.7 Å².